The van der Waals surface area contributed by atoms with Gasteiger partial charge in [0.25, 0.3) is 0 Å². The van der Waals surface area contributed by atoms with E-state index < -0.39 is 0 Å². The molecular weight excluding hydrogens is 395 g/mol. The molecule has 0 unspecified atom stereocenters. The molecule has 4 aliphatic rings. The lowest BCUT2D eigenvalue weighted by Crippen LogP contribution is -2.54. The van der Waals surface area contributed by atoms with Crippen LogP contribution in [0.15, 0.2) is 48.7 Å². The van der Waals surface area contributed by atoms with Crippen LogP contribution >= 0.6 is 11.6 Å². The highest BCUT2D eigenvalue weighted by molar-refractivity contribution is 6.31. The van der Waals surface area contributed by atoms with E-state index in [0.717, 1.165) is 35.7 Å². The molecule has 4 saturated carbocycles. The van der Waals surface area contributed by atoms with Gasteiger partial charge < -0.3 is 9.88 Å². The number of fused-ring (bicyclic) bond motifs is 1. The Morgan fingerprint density at radius 3 is 2.40 bits per heavy atom. The van der Waals surface area contributed by atoms with E-state index in [0.29, 0.717) is 23.2 Å². The third-order valence-corrected chi connectivity index (χ3v) is 8.37. The van der Waals surface area contributed by atoms with Crippen molar-refractivity contribution in [3.63, 3.8) is 0 Å². The van der Waals surface area contributed by atoms with Gasteiger partial charge in [0.05, 0.1) is 6.54 Å². The van der Waals surface area contributed by atoms with E-state index in [9.17, 15) is 4.39 Å². The van der Waals surface area contributed by atoms with Crippen LogP contribution in [0, 0.1) is 29.5 Å². The van der Waals surface area contributed by atoms with Gasteiger partial charge in [-0.2, -0.15) is 0 Å². The quantitative estimate of drug-likeness (QED) is 0.503. The normalized spacial score (nSPS) is 29.7. The third-order valence-electron chi connectivity index (χ3n) is 8.02. The molecule has 1 N–H and O–H groups in total. The summed E-state index contributed by atoms with van der Waals surface area (Å²) in [5.74, 6) is 3.49. The Labute approximate surface area is 182 Å². The van der Waals surface area contributed by atoms with Crippen molar-refractivity contribution in [2.24, 2.45) is 23.7 Å². The number of halogens is 2. The maximum absolute atomic E-state index is 14.4. The van der Waals surface area contributed by atoms with Crippen LogP contribution in [0.2, 0.25) is 5.02 Å². The first-order valence-corrected chi connectivity index (χ1v) is 11.8. The first-order chi connectivity index (χ1) is 14.7. The lowest BCUT2D eigenvalue weighted by atomic mass is 9.54. The summed E-state index contributed by atoms with van der Waals surface area (Å²) >= 11 is 6.30. The Morgan fingerprint density at radius 2 is 1.67 bits per heavy atom. The zero-order chi connectivity index (χ0) is 20.2. The van der Waals surface area contributed by atoms with Crippen LogP contribution in [0.4, 0.5) is 4.39 Å². The predicted molar refractivity (Wildman–Crippen MR) is 120 cm³/mol. The molecule has 0 saturated heterocycles. The second kappa shape index (κ2) is 7.39. The van der Waals surface area contributed by atoms with Crippen molar-refractivity contribution >= 4 is 22.5 Å². The smallest absolute Gasteiger partial charge is 0.129 e. The molecule has 0 radical (unpaired) electrons. The van der Waals surface area contributed by atoms with Gasteiger partial charge in [-0.3, -0.25) is 0 Å². The van der Waals surface area contributed by atoms with Gasteiger partial charge in [-0.15, -0.1) is 0 Å². The van der Waals surface area contributed by atoms with Crippen LogP contribution in [0.5, 0.6) is 0 Å². The molecule has 0 amide bonds. The lowest BCUT2D eigenvalue weighted by molar-refractivity contribution is -0.0142. The van der Waals surface area contributed by atoms with Crippen LogP contribution in [0.1, 0.15) is 43.2 Å². The summed E-state index contributed by atoms with van der Waals surface area (Å²) in [6.45, 7) is 1.33. The van der Waals surface area contributed by atoms with Gasteiger partial charge >= 0.3 is 0 Å². The third kappa shape index (κ3) is 3.18. The van der Waals surface area contributed by atoms with E-state index in [1.54, 1.807) is 12.1 Å². The molecule has 1 aromatic heterocycles. The minimum absolute atomic E-state index is 0.242. The van der Waals surface area contributed by atoms with Crippen molar-refractivity contribution in [2.45, 2.75) is 51.2 Å². The first kappa shape index (κ1) is 18.9. The van der Waals surface area contributed by atoms with Gasteiger partial charge in [-0.05, 0) is 79.5 Å². The fraction of sp³-hybridized carbons (Fsp3) is 0.462. The van der Waals surface area contributed by atoms with Crippen molar-refractivity contribution < 1.29 is 4.39 Å². The summed E-state index contributed by atoms with van der Waals surface area (Å²) in [5, 5.41) is 5.70. The van der Waals surface area contributed by atoms with Gasteiger partial charge in [0.15, 0.2) is 0 Å². The van der Waals surface area contributed by atoms with E-state index in [2.05, 4.69) is 40.3 Å². The molecular formula is C26H28ClFN2. The van der Waals surface area contributed by atoms with Crippen LogP contribution in [0.3, 0.4) is 0 Å². The number of para-hydroxylation sites is 1. The van der Waals surface area contributed by atoms with Crippen molar-refractivity contribution in [1.29, 1.82) is 0 Å². The molecule has 1 heterocycles. The monoisotopic (exact) mass is 422 g/mol. The minimum Gasteiger partial charge on any atom is -0.343 e. The minimum atomic E-state index is -0.242. The number of nitrogens with one attached hydrogen (secondary N) is 1. The Balaban J connectivity index is 1.27. The molecule has 3 aromatic rings. The van der Waals surface area contributed by atoms with E-state index in [-0.39, 0.29) is 5.82 Å². The van der Waals surface area contributed by atoms with Crippen molar-refractivity contribution in [3.8, 4) is 0 Å². The van der Waals surface area contributed by atoms with E-state index >= 15 is 0 Å². The number of aromatic nitrogens is 1. The van der Waals surface area contributed by atoms with Gasteiger partial charge in [0.1, 0.15) is 5.82 Å². The topological polar surface area (TPSA) is 17.0 Å². The zero-order valence-corrected chi connectivity index (χ0v) is 17.9. The molecule has 4 bridgehead atoms. The summed E-state index contributed by atoms with van der Waals surface area (Å²) in [6.07, 6.45) is 9.40. The molecule has 0 atom stereocenters. The average molecular weight is 423 g/mol. The van der Waals surface area contributed by atoms with Crippen molar-refractivity contribution in [2.75, 3.05) is 0 Å². The number of hydrogen-bond donors (Lipinski definition) is 1. The van der Waals surface area contributed by atoms with Crippen molar-refractivity contribution in [1.82, 2.24) is 9.88 Å². The maximum atomic E-state index is 14.4. The molecule has 2 aromatic carbocycles. The van der Waals surface area contributed by atoms with E-state index in [1.807, 2.05) is 0 Å². The Kier molecular flexibility index (Phi) is 4.65. The summed E-state index contributed by atoms with van der Waals surface area (Å²) in [7, 11) is 0. The molecule has 0 spiro atoms. The molecule has 0 aliphatic heterocycles. The largest absolute Gasteiger partial charge is 0.343 e. The van der Waals surface area contributed by atoms with Crippen LogP contribution in [0.25, 0.3) is 10.9 Å². The fourth-order valence-electron chi connectivity index (χ4n) is 6.93. The first-order valence-electron chi connectivity index (χ1n) is 11.4. The molecule has 4 fully saturated rings. The van der Waals surface area contributed by atoms with Crippen molar-refractivity contribution in [3.05, 3.63) is 70.6 Å². The lowest BCUT2D eigenvalue weighted by Gasteiger charge is -2.54. The van der Waals surface area contributed by atoms with Gasteiger partial charge in [-0.25, -0.2) is 4.39 Å². The zero-order valence-electron chi connectivity index (χ0n) is 17.2. The predicted octanol–water partition coefficient (Wildman–Crippen LogP) is 6.40. The van der Waals surface area contributed by atoms with Gasteiger partial charge in [0, 0.05) is 40.3 Å². The highest BCUT2D eigenvalue weighted by Gasteiger charge is 2.47. The summed E-state index contributed by atoms with van der Waals surface area (Å²) in [4.78, 5) is 0. The highest BCUT2D eigenvalue weighted by atomic mass is 35.5. The maximum Gasteiger partial charge on any atom is 0.129 e. The van der Waals surface area contributed by atoms with Crippen LogP contribution < -0.4 is 5.32 Å². The Hall–Kier alpha value is -1.84. The SMILES string of the molecule is Fc1cccc(Cl)c1Cn1cc(CNC2C3CC4CC(C3)CC2C4)c2ccccc21. The van der Waals surface area contributed by atoms with Crippen LogP contribution in [-0.2, 0) is 13.1 Å². The Morgan fingerprint density at radius 1 is 0.933 bits per heavy atom. The standard InChI is InChI=1S/C26H28ClFN2/c27-23-5-3-6-24(28)22(23)15-30-14-20(21-4-1-2-7-25(21)30)13-29-26-18-9-16-8-17(11-18)12-19(26)10-16/h1-7,14,16-19,26,29H,8-13,15H2. The van der Waals surface area contributed by atoms with E-state index in [1.165, 1.54) is 49.1 Å². The Bertz CT molecular complexity index is 1040. The molecule has 7 rings (SSSR count). The second-order valence-corrected chi connectivity index (χ2v) is 10.2. The number of benzene rings is 2. The molecule has 4 heteroatoms. The summed E-state index contributed by atoms with van der Waals surface area (Å²) in [5.41, 5.74) is 2.99. The van der Waals surface area contributed by atoms with Gasteiger partial charge in [-0.1, -0.05) is 35.9 Å². The number of rotatable bonds is 5. The highest BCUT2D eigenvalue weighted by Crippen LogP contribution is 2.53. The molecule has 30 heavy (non-hydrogen) atoms. The number of hydrogen-bond acceptors (Lipinski definition) is 1. The average Bonchev–Trinajstić information content (AvgIpc) is 3.08. The van der Waals surface area contributed by atoms with Gasteiger partial charge in [0.2, 0.25) is 0 Å². The van der Waals surface area contributed by atoms with Crippen LogP contribution in [-0.4, -0.2) is 10.6 Å². The number of nitrogens with zero attached hydrogens (tertiary/aromatic N) is 1. The van der Waals surface area contributed by atoms with E-state index in [4.69, 9.17) is 11.6 Å². The molecule has 2 nitrogen and oxygen atoms in total. The summed E-state index contributed by atoms with van der Waals surface area (Å²) in [6, 6.07) is 14.0. The molecule has 156 valence electrons. The summed E-state index contributed by atoms with van der Waals surface area (Å²) < 4.78 is 16.5. The fourth-order valence-corrected chi connectivity index (χ4v) is 7.16. The second-order valence-electron chi connectivity index (χ2n) is 9.84. The molecule has 4 aliphatic carbocycles.